The summed E-state index contributed by atoms with van der Waals surface area (Å²) in [5, 5.41) is 20.3. The van der Waals surface area contributed by atoms with Gasteiger partial charge in [-0.1, -0.05) is 147 Å². The predicted octanol–water partition coefficient (Wildman–Crippen LogP) is 14.2. The van der Waals surface area contributed by atoms with E-state index in [1.165, 1.54) is 34.0 Å². The third-order valence-electron chi connectivity index (χ3n) is 16.9. The molecule has 103 heavy (non-hydrogen) atoms. The number of aliphatic carboxylic acids is 2. The average Bonchev–Trinajstić information content (AvgIpc) is 0.893. The van der Waals surface area contributed by atoms with E-state index in [-0.39, 0.29) is 138 Å². The fourth-order valence-corrected chi connectivity index (χ4v) is 11.5. The summed E-state index contributed by atoms with van der Waals surface area (Å²) in [6, 6.07) is 0. The van der Waals surface area contributed by atoms with Crippen molar-refractivity contribution in [3.05, 3.63) is 119 Å². The average molecular weight is 1480 g/mol. The maximum atomic E-state index is 13.2. The molecular weight excluding hydrogens is 1360 g/mol. The number of methoxy groups -OCH3 is 5. The van der Waals surface area contributed by atoms with Crippen molar-refractivity contribution in [1.29, 1.82) is 0 Å². The largest absolute Gasteiger partial charge is 0.480 e. The smallest absolute Gasteiger partial charge is 0.412 e. The van der Waals surface area contributed by atoms with Crippen LogP contribution in [0.1, 0.15) is 133 Å². The first-order valence-electron chi connectivity index (χ1n) is 35.3. The van der Waals surface area contributed by atoms with Gasteiger partial charge >= 0.3 is 30.3 Å². The standard InChI is InChI=1S/C20H32F3NO4.C19H27F3O5.C19H30O5.C19H32O5/c1-14-11-15(2)19(28-13-18(25)24-3)17(26-4)8-6-5-7-16(20(21,22)23)9-10-27-12-14;1-13-10-14(2)18(27-12-17(23)24)16(25-3)7-5-4-6-15(19(20,21)22)8-9-26-11-13;1-14-7-5-6-8-17(22-4)19(24-13-18(20)21)16(3)11-15(2)12-23-10-9-14;1-15-12-16(2)19(24-14-18(20)22-4)17(21-3)10-8-6-5-7-9-11-23-13-15/h6,8,11,15-17,19H,5,7,9-10,12-13H2,1-4H3,(H,24,25);5,7-8,10,14,16,18H,4,6,9,11-12H2,1-3H3,(H,23,24);6,8-9,11,16-17,19H,5,7,10,12-13H2,1-4H3,(H,20,21);8,10,12,16-17,19H,5-7,9,11,13-14H2,1-4H3/b8-6+,14-11-;7-5+,13-10-,15-8-;8-6+,14-9-,15-11-;10-8+,15-12-/t15-,16?,17+,19+;14-,16+,18+;2*16-,17+,19+/m1111/s1. The zero-order chi connectivity index (χ0) is 77.3. The molecule has 0 aliphatic carbocycles. The molecule has 26 heteroatoms. The van der Waals surface area contributed by atoms with E-state index in [1.807, 2.05) is 58.9 Å². The van der Waals surface area contributed by atoms with Crippen LogP contribution in [0.3, 0.4) is 0 Å². The van der Waals surface area contributed by atoms with E-state index in [9.17, 15) is 45.5 Å². The Balaban J connectivity index is 0.000000688. The maximum absolute atomic E-state index is 13.2. The molecule has 4 rings (SSSR count). The summed E-state index contributed by atoms with van der Waals surface area (Å²) in [4.78, 5) is 44.8. The van der Waals surface area contributed by atoms with E-state index >= 15 is 0 Å². The molecule has 0 radical (unpaired) electrons. The van der Waals surface area contributed by atoms with Gasteiger partial charge in [0.05, 0.1) is 77.1 Å². The van der Waals surface area contributed by atoms with Crippen molar-refractivity contribution >= 4 is 23.8 Å². The molecule has 1 amide bonds. The van der Waals surface area contributed by atoms with Crippen molar-refractivity contribution in [2.75, 3.05) is 122 Å². The van der Waals surface area contributed by atoms with Crippen molar-refractivity contribution in [2.24, 2.45) is 29.6 Å². The molecule has 3 N–H and O–H groups in total. The van der Waals surface area contributed by atoms with Gasteiger partial charge in [-0.3, -0.25) is 4.79 Å². The molecular formula is C77H121F6NO19. The normalized spacial score (nSPS) is 31.4. The fourth-order valence-electron chi connectivity index (χ4n) is 11.5. The minimum absolute atomic E-state index is 0.00256. The number of esters is 1. The Morgan fingerprint density at radius 1 is 0.476 bits per heavy atom. The lowest BCUT2D eigenvalue weighted by molar-refractivity contribution is -0.180. The van der Waals surface area contributed by atoms with E-state index in [0.29, 0.717) is 19.8 Å². The lowest BCUT2D eigenvalue weighted by Crippen LogP contribution is -2.37. The molecule has 4 aliphatic heterocycles. The Bertz CT molecular complexity index is 2720. The summed E-state index contributed by atoms with van der Waals surface area (Å²) >= 11 is 0. The van der Waals surface area contributed by atoms with Gasteiger partial charge in [0, 0.05) is 77.9 Å². The summed E-state index contributed by atoms with van der Waals surface area (Å²) in [6.45, 7) is 19.6. The summed E-state index contributed by atoms with van der Waals surface area (Å²) in [7, 11) is 9.13. The van der Waals surface area contributed by atoms with Crippen molar-refractivity contribution in [3.63, 3.8) is 0 Å². The van der Waals surface area contributed by atoms with Crippen LogP contribution in [-0.2, 0) is 80.8 Å². The molecule has 0 spiro atoms. The van der Waals surface area contributed by atoms with Crippen LogP contribution in [0.25, 0.3) is 0 Å². The van der Waals surface area contributed by atoms with Gasteiger partial charge in [-0.2, -0.15) is 26.3 Å². The second kappa shape index (κ2) is 54.9. The van der Waals surface area contributed by atoms with Crippen LogP contribution in [0.15, 0.2) is 119 Å². The topological polar surface area (TPSA) is 241 Å². The Morgan fingerprint density at radius 3 is 1.27 bits per heavy atom. The fraction of sp³-hybridized carbons (Fsp3) is 0.688. The van der Waals surface area contributed by atoms with Crippen LogP contribution in [0.2, 0.25) is 0 Å². The first-order valence-corrected chi connectivity index (χ1v) is 35.3. The zero-order valence-electron chi connectivity index (χ0n) is 63.5. The van der Waals surface area contributed by atoms with Gasteiger partial charge in [0.25, 0.3) is 0 Å². The van der Waals surface area contributed by atoms with Crippen molar-refractivity contribution in [2.45, 2.75) is 194 Å². The van der Waals surface area contributed by atoms with Crippen molar-refractivity contribution < 1.29 is 117 Å². The summed E-state index contributed by atoms with van der Waals surface area (Å²) in [5.41, 5.74) is 4.61. The highest BCUT2D eigenvalue weighted by molar-refractivity contribution is 5.76. The second-order valence-corrected chi connectivity index (χ2v) is 26.1. The number of hydrogen-bond acceptors (Lipinski definition) is 17. The highest BCUT2D eigenvalue weighted by Crippen LogP contribution is 2.34. The molecule has 0 aromatic rings. The van der Waals surface area contributed by atoms with E-state index in [0.717, 1.165) is 73.5 Å². The maximum Gasteiger partial charge on any atom is 0.412 e. The van der Waals surface area contributed by atoms with Gasteiger partial charge in [-0.15, -0.1) is 0 Å². The predicted molar refractivity (Wildman–Crippen MR) is 383 cm³/mol. The number of halogens is 6. The Labute approximate surface area is 608 Å². The third kappa shape index (κ3) is 43.6. The highest BCUT2D eigenvalue weighted by Gasteiger charge is 2.39. The number of rotatable bonds is 16. The first kappa shape index (κ1) is 95.4. The number of carboxylic acid groups (broad SMARTS) is 2. The number of likely N-dealkylation sites (N-methyl/N-ethyl adjacent to an activating group) is 1. The Kier molecular flexibility index (Phi) is 50.8. The van der Waals surface area contributed by atoms with Gasteiger partial charge in [0.2, 0.25) is 5.91 Å². The lowest BCUT2D eigenvalue weighted by atomic mass is 9.95. The van der Waals surface area contributed by atoms with Crippen LogP contribution in [0.4, 0.5) is 26.3 Å². The quantitative estimate of drug-likeness (QED) is 0.0739. The lowest BCUT2D eigenvalue weighted by Gasteiger charge is -2.28. The van der Waals surface area contributed by atoms with Crippen molar-refractivity contribution in [1.82, 2.24) is 5.32 Å². The van der Waals surface area contributed by atoms with Crippen molar-refractivity contribution in [3.8, 4) is 0 Å². The van der Waals surface area contributed by atoms with Gasteiger partial charge in [-0.05, 0) is 98.8 Å². The number of carboxylic acids is 2. The summed E-state index contributed by atoms with van der Waals surface area (Å²) in [6.07, 6.45) is 20.6. The van der Waals surface area contributed by atoms with E-state index < -0.39 is 66.8 Å². The number of amides is 1. The molecule has 0 saturated carbocycles. The van der Waals surface area contributed by atoms with Gasteiger partial charge < -0.3 is 77.1 Å². The molecule has 1 unspecified atom stereocenters. The Hall–Kier alpha value is -5.62. The van der Waals surface area contributed by atoms with E-state index in [4.69, 9.17) is 67.1 Å². The molecule has 4 heterocycles. The number of alkyl halides is 6. The van der Waals surface area contributed by atoms with Crippen LogP contribution < -0.4 is 5.32 Å². The van der Waals surface area contributed by atoms with E-state index in [1.54, 1.807) is 45.4 Å². The number of carbonyl (C=O) groups excluding carboxylic acids is 2. The van der Waals surface area contributed by atoms with Gasteiger partial charge in [0.15, 0.2) is 0 Å². The summed E-state index contributed by atoms with van der Waals surface area (Å²) in [5.74, 6) is -4.33. The number of carbonyl (C=O) groups is 4. The van der Waals surface area contributed by atoms with Gasteiger partial charge in [0.1, 0.15) is 50.8 Å². The Morgan fingerprint density at radius 2 is 0.864 bits per heavy atom. The molecule has 0 aromatic heterocycles. The molecule has 590 valence electrons. The SMILES string of the molecule is CNC(=O)CO[C@H]1[C@H](C)/C=C(/C)COCCC(C(F)(F)F)CC/C=C/[C@@H]1OC.COC(=O)CO[C@H]1[C@H](C)/C=C(/C)COCCCCC/C=C/[C@@H]1OC.CO[C@H]1/C=C/CC/C(C(F)(F)F)=C/COC/C(C)=C\[C@@H](C)[C@@H]1OCC(=O)O.CO[C@H]1/C=C/CC/C(C)=C\COC/C(C)=C\[C@@H](C)[C@@H]1OCC(=O)O. The zero-order valence-corrected chi connectivity index (χ0v) is 63.5. The molecule has 0 bridgehead atoms. The molecule has 0 fully saturated rings. The number of hydrogen-bond donors (Lipinski definition) is 3. The third-order valence-corrected chi connectivity index (χ3v) is 16.9. The first-order chi connectivity index (χ1) is 48.8. The minimum Gasteiger partial charge on any atom is -0.480 e. The second-order valence-electron chi connectivity index (χ2n) is 26.1. The highest BCUT2D eigenvalue weighted by atomic mass is 19.4. The van der Waals surface area contributed by atoms with Crippen LogP contribution in [-0.4, -0.2) is 217 Å². The molecule has 4 aliphatic rings. The van der Waals surface area contributed by atoms with Crippen LogP contribution in [0, 0.1) is 29.6 Å². The number of allylic oxidation sites excluding steroid dienone is 6. The molecule has 20 nitrogen and oxygen atoms in total. The monoisotopic (exact) mass is 1480 g/mol. The van der Waals surface area contributed by atoms with E-state index in [2.05, 4.69) is 61.2 Å². The molecule has 13 atom stereocenters. The van der Waals surface area contributed by atoms with Gasteiger partial charge in [-0.25, -0.2) is 14.4 Å². The van der Waals surface area contributed by atoms with Crippen LogP contribution >= 0.6 is 0 Å². The molecule has 0 aromatic carbocycles. The number of ether oxygens (including phenoxy) is 13. The summed E-state index contributed by atoms with van der Waals surface area (Å²) < 4.78 is 150. The minimum atomic E-state index is -4.40. The van der Waals surface area contributed by atoms with Crippen LogP contribution in [0.5, 0.6) is 0 Å². The molecule has 0 saturated heterocycles. The number of nitrogens with one attached hydrogen (secondary N) is 1.